The maximum atomic E-state index is 11.2. The highest BCUT2D eigenvalue weighted by atomic mass is 32.2. The molecule has 0 saturated carbocycles. The molecular weight excluding hydrogens is 294 g/mol. The Balaban J connectivity index is 0.00000180. The lowest BCUT2D eigenvalue weighted by Crippen LogP contribution is -2.04. The summed E-state index contributed by atoms with van der Waals surface area (Å²) in [5.74, 6) is 0. The van der Waals surface area contributed by atoms with E-state index in [1.807, 2.05) is 0 Å². The maximum Gasteiger partial charge on any atom is 0.295 e. The Kier molecular flexibility index (Phi) is 3.98. The van der Waals surface area contributed by atoms with Gasteiger partial charge in [-0.1, -0.05) is 24.3 Å². The third-order valence-corrected chi connectivity index (χ3v) is 4.10. The molecule has 2 aromatic carbocycles. The highest BCUT2D eigenvalue weighted by molar-refractivity contribution is 7.86. The minimum absolute atomic E-state index is 0. The fourth-order valence-electron chi connectivity index (χ4n) is 1.61. The Hall–Kier alpha value is -1.52. The highest BCUT2D eigenvalue weighted by Crippen LogP contribution is 2.26. The molecule has 0 aliphatic rings. The first-order valence-electron chi connectivity index (χ1n) is 4.67. The normalized spacial score (nSPS) is 12.1. The van der Waals surface area contributed by atoms with Crippen molar-refractivity contribution in [3.8, 4) is 0 Å². The van der Waals surface area contributed by atoms with Crippen LogP contribution >= 0.6 is 0 Å². The molecule has 0 aliphatic heterocycles. The second-order valence-electron chi connectivity index (χ2n) is 3.59. The summed E-state index contributed by atoms with van der Waals surface area (Å²) in [6.45, 7) is 0. The summed E-state index contributed by atoms with van der Waals surface area (Å²) in [7, 11) is -9.14. The van der Waals surface area contributed by atoms with Crippen LogP contribution < -0.4 is 6.15 Å². The van der Waals surface area contributed by atoms with Crippen molar-refractivity contribution in [2.45, 2.75) is 9.79 Å². The van der Waals surface area contributed by atoms with E-state index in [2.05, 4.69) is 0 Å². The van der Waals surface area contributed by atoms with Crippen LogP contribution in [0.15, 0.2) is 46.2 Å². The summed E-state index contributed by atoms with van der Waals surface area (Å²) in [6.07, 6.45) is 0. The van der Waals surface area contributed by atoms with E-state index in [0.29, 0.717) is 6.07 Å². The van der Waals surface area contributed by atoms with Crippen LogP contribution in [0.2, 0.25) is 0 Å². The number of fused-ring (bicyclic) bond motifs is 1. The lowest BCUT2D eigenvalue weighted by Gasteiger charge is -2.06. The molecule has 7 nitrogen and oxygen atoms in total. The molecule has 19 heavy (non-hydrogen) atoms. The Morgan fingerprint density at radius 1 is 0.842 bits per heavy atom. The van der Waals surface area contributed by atoms with Gasteiger partial charge in [-0.2, -0.15) is 16.8 Å². The molecule has 0 heterocycles. The smallest absolute Gasteiger partial charge is 0.295 e. The summed E-state index contributed by atoms with van der Waals surface area (Å²) in [5.41, 5.74) is 0. The number of hydrogen-bond acceptors (Lipinski definition) is 5. The van der Waals surface area contributed by atoms with Crippen LogP contribution in [-0.2, 0) is 20.2 Å². The lowest BCUT2D eigenvalue weighted by molar-refractivity contribution is 0.482. The molecule has 0 fully saturated rings. The van der Waals surface area contributed by atoms with Gasteiger partial charge in [0.1, 0.15) is 4.90 Å². The van der Waals surface area contributed by atoms with Crippen molar-refractivity contribution in [1.29, 1.82) is 0 Å². The number of benzene rings is 2. The molecule has 0 atom stereocenters. The van der Waals surface area contributed by atoms with Crippen LogP contribution in [0, 0.1) is 0 Å². The molecule has 0 unspecified atom stereocenters. The fraction of sp³-hybridized carbons (Fsp3) is 0. The van der Waals surface area contributed by atoms with E-state index >= 15 is 0 Å². The zero-order chi connectivity index (χ0) is 13.6. The van der Waals surface area contributed by atoms with E-state index in [1.165, 1.54) is 12.1 Å². The van der Waals surface area contributed by atoms with Crippen molar-refractivity contribution in [2.24, 2.45) is 0 Å². The first-order valence-corrected chi connectivity index (χ1v) is 7.55. The SMILES string of the molecule is N.O=S(=O)(O)c1cc(S(=O)(=O)O)c2ccccc2c1. The average Bonchev–Trinajstić information content (AvgIpc) is 2.25. The summed E-state index contributed by atoms with van der Waals surface area (Å²) in [4.78, 5) is -1.15. The van der Waals surface area contributed by atoms with Gasteiger partial charge in [0.2, 0.25) is 0 Å². The molecule has 0 aliphatic carbocycles. The van der Waals surface area contributed by atoms with E-state index in [-0.39, 0.29) is 16.9 Å². The van der Waals surface area contributed by atoms with Gasteiger partial charge in [0.25, 0.3) is 20.2 Å². The molecular formula is C10H11NO6S2. The molecule has 0 aromatic heterocycles. The number of rotatable bonds is 2. The molecule has 2 aromatic rings. The monoisotopic (exact) mass is 305 g/mol. The standard InChI is InChI=1S/C10H8O6S2.H3N/c11-17(12,13)8-5-7-3-1-2-4-9(7)10(6-8)18(14,15)16;/h1-6H,(H,11,12,13)(H,14,15,16);1H3. The molecule has 2 rings (SSSR count). The Morgan fingerprint density at radius 3 is 1.95 bits per heavy atom. The van der Waals surface area contributed by atoms with Crippen LogP contribution in [0.3, 0.4) is 0 Å². The van der Waals surface area contributed by atoms with Crippen LogP contribution in [0.5, 0.6) is 0 Å². The van der Waals surface area contributed by atoms with Gasteiger partial charge < -0.3 is 6.15 Å². The summed E-state index contributed by atoms with van der Waals surface area (Å²) < 4.78 is 62.5. The summed E-state index contributed by atoms with van der Waals surface area (Å²) >= 11 is 0. The maximum absolute atomic E-state index is 11.2. The van der Waals surface area contributed by atoms with Gasteiger partial charge in [-0.15, -0.1) is 0 Å². The second kappa shape index (κ2) is 4.87. The first kappa shape index (κ1) is 15.5. The van der Waals surface area contributed by atoms with Gasteiger partial charge in [-0.3, -0.25) is 9.11 Å². The van der Waals surface area contributed by atoms with Gasteiger partial charge in [0, 0.05) is 5.39 Å². The highest BCUT2D eigenvalue weighted by Gasteiger charge is 2.19. The Morgan fingerprint density at radius 2 is 1.42 bits per heavy atom. The molecule has 0 spiro atoms. The predicted octanol–water partition coefficient (Wildman–Crippen LogP) is 1.50. The first-order chi connectivity index (χ1) is 8.19. The quantitative estimate of drug-likeness (QED) is 0.713. The molecule has 0 amide bonds. The van der Waals surface area contributed by atoms with Crippen molar-refractivity contribution >= 4 is 31.0 Å². The van der Waals surface area contributed by atoms with E-state index in [0.717, 1.165) is 6.07 Å². The number of hydrogen-bond donors (Lipinski definition) is 3. The van der Waals surface area contributed by atoms with Gasteiger partial charge in [0.05, 0.1) is 4.90 Å². The average molecular weight is 305 g/mol. The van der Waals surface area contributed by atoms with Crippen molar-refractivity contribution in [3.63, 3.8) is 0 Å². The molecule has 0 radical (unpaired) electrons. The Labute approximate surface area is 110 Å². The largest absolute Gasteiger partial charge is 0.344 e. The van der Waals surface area contributed by atoms with Gasteiger partial charge in [0.15, 0.2) is 0 Å². The van der Waals surface area contributed by atoms with Gasteiger partial charge >= 0.3 is 0 Å². The molecule has 9 heteroatoms. The lowest BCUT2D eigenvalue weighted by atomic mass is 10.1. The van der Waals surface area contributed by atoms with Crippen LogP contribution in [0.4, 0.5) is 0 Å². The van der Waals surface area contributed by atoms with Crippen LogP contribution in [-0.4, -0.2) is 25.9 Å². The van der Waals surface area contributed by atoms with Gasteiger partial charge in [-0.05, 0) is 17.5 Å². The van der Waals surface area contributed by atoms with Crippen molar-refractivity contribution < 1.29 is 25.9 Å². The Bertz CT molecular complexity index is 826. The van der Waals surface area contributed by atoms with Crippen molar-refractivity contribution in [1.82, 2.24) is 6.15 Å². The molecule has 0 saturated heterocycles. The van der Waals surface area contributed by atoms with Crippen molar-refractivity contribution in [2.75, 3.05) is 0 Å². The zero-order valence-electron chi connectivity index (χ0n) is 9.52. The second-order valence-corrected chi connectivity index (χ2v) is 6.40. The topological polar surface area (TPSA) is 144 Å². The van der Waals surface area contributed by atoms with E-state index in [9.17, 15) is 16.8 Å². The van der Waals surface area contributed by atoms with E-state index < -0.39 is 30.0 Å². The van der Waals surface area contributed by atoms with E-state index in [1.54, 1.807) is 12.1 Å². The van der Waals surface area contributed by atoms with Crippen LogP contribution in [0.1, 0.15) is 0 Å². The molecule has 5 N–H and O–H groups in total. The van der Waals surface area contributed by atoms with Crippen molar-refractivity contribution in [3.05, 3.63) is 36.4 Å². The summed E-state index contributed by atoms with van der Waals surface area (Å²) in [5, 5.41) is 0.452. The third-order valence-electron chi connectivity index (χ3n) is 2.37. The third kappa shape index (κ3) is 3.08. The van der Waals surface area contributed by atoms with Gasteiger partial charge in [-0.25, -0.2) is 0 Å². The predicted molar refractivity (Wildman–Crippen MR) is 68.6 cm³/mol. The van der Waals surface area contributed by atoms with Crippen LogP contribution in [0.25, 0.3) is 10.8 Å². The minimum atomic E-state index is -4.59. The molecule has 0 bridgehead atoms. The fourth-order valence-corrected chi connectivity index (χ4v) is 2.97. The molecule has 104 valence electrons. The minimum Gasteiger partial charge on any atom is -0.344 e. The zero-order valence-corrected chi connectivity index (χ0v) is 11.1. The van der Waals surface area contributed by atoms with E-state index in [4.69, 9.17) is 9.11 Å². The summed E-state index contributed by atoms with van der Waals surface area (Å²) in [6, 6.07) is 7.85.